The van der Waals surface area contributed by atoms with Crippen LogP contribution in [0, 0.1) is 5.92 Å². The number of carbonyl (C=O) groups is 1. The number of hydrogen-bond donors (Lipinski definition) is 1. The first-order chi connectivity index (χ1) is 7.69. The van der Waals surface area contributed by atoms with Gasteiger partial charge in [0.2, 0.25) is 5.91 Å². The molecule has 0 spiro atoms. The van der Waals surface area contributed by atoms with Crippen molar-refractivity contribution < 1.29 is 4.79 Å². The van der Waals surface area contributed by atoms with Gasteiger partial charge in [-0.05, 0) is 12.8 Å². The van der Waals surface area contributed by atoms with E-state index in [1.807, 2.05) is 16.7 Å². The summed E-state index contributed by atoms with van der Waals surface area (Å²) in [6.45, 7) is 9.13. The normalized spacial score (nSPS) is 22.8. The number of amides is 1. The number of nitrogens with one attached hydrogen (secondary N) is 1. The molecule has 1 N–H and O–H groups in total. The Hall–Kier alpha value is -0.220. The lowest BCUT2D eigenvalue weighted by molar-refractivity contribution is -0.133. The summed E-state index contributed by atoms with van der Waals surface area (Å²) in [6, 6.07) is 0.0442. The third-order valence-corrected chi connectivity index (χ3v) is 4.20. The van der Waals surface area contributed by atoms with Crippen LogP contribution in [-0.2, 0) is 4.79 Å². The van der Waals surface area contributed by atoms with Crippen LogP contribution < -0.4 is 5.32 Å². The molecule has 1 rings (SSSR count). The number of nitrogens with zero attached hydrogens (tertiary/aromatic N) is 1. The number of carbonyl (C=O) groups excluding carboxylic acids is 1. The van der Waals surface area contributed by atoms with Gasteiger partial charge in [0.1, 0.15) is 0 Å². The van der Waals surface area contributed by atoms with Crippen molar-refractivity contribution in [1.82, 2.24) is 10.2 Å². The van der Waals surface area contributed by atoms with Crippen molar-refractivity contribution in [2.24, 2.45) is 5.92 Å². The van der Waals surface area contributed by atoms with E-state index in [-0.39, 0.29) is 11.9 Å². The maximum absolute atomic E-state index is 12.2. The van der Waals surface area contributed by atoms with E-state index in [1.165, 1.54) is 0 Å². The molecule has 0 aliphatic carbocycles. The standard InChI is InChI=1S/C12H24N2OS/c1-4-10(3)8-14(5-2)12(15)11-9-16-7-6-13-11/h10-11,13H,4-9H2,1-3H3. The zero-order valence-corrected chi connectivity index (χ0v) is 11.5. The molecule has 0 bridgehead atoms. The van der Waals surface area contributed by atoms with E-state index in [4.69, 9.17) is 0 Å². The largest absolute Gasteiger partial charge is 0.341 e. The van der Waals surface area contributed by atoms with Crippen molar-refractivity contribution in [2.75, 3.05) is 31.1 Å². The first-order valence-corrected chi connectivity index (χ1v) is 7.44. The van der Waals surface area contributed by atoms with Crippen LogP contribution in [0.4, 0.5) is 0 Å². The monoisotopic (exact) mass is 244 g/mol. The molecule has 0 aromatic carbocycles. The molecule has 0 saturated carbocycles. The van der Waals surface area contributed by atoms with Crippen LogP contribution in [0.15, 0.2) is 0 Å². The summed E-state index contributed by atoms with van der Waals surface area (Å²) in [4.78, 5) is 14.2. The van der Waals surface area contributed by atoms with Crippen LogP contribution in [0.2, 0.25) is 0 Å². The van der Waals surface area contributed by atoms with E-state index in [0.29, 0.717) is 5.92 Å². The molecule has 0 aromatic heterocycles. The Balaban J connectivity index is 2.47. The van der Waals surface area contributed by atoms with Crippen LogP contribution in [-0.4, -0.2) is 48.0 Å². The van der Waals surface area contributed by atoms with Gasteiger partial charge in [0.25, 0.3) is 0 Å². The topological polar surface area (TPSA) is 32.3 Å². The fourth-order valence-corrected chi connectivity index (χ4v) is 2.75. The molecule has 2 atom stereocenters. The Morgan fingerprint density at radius 1 is 1.56 bits per heavy atom. The molecule has 1 aliphatic heterocycles. The van der Waals surface area contributed by atoms with E-state index in [2.05, 4.69) is 26.1 Å². The first-order valence-electron chi connectivity index (χ1n) is 6.28. The molecule has 0 aromatic rings. The molecule has 0 radical (unpaired) electrons. The fraction of sp³-hybridized carbons (Fsp3) is 0.917. The smallest absolute Gasteiger partial charge is 0.240 e. The van der Waals surface area contributed by atoms with Gasteiger partial charge in [-0.25, -0.2) is 0 Å². The average Bonchev–Trinajstić information content (AvgIpc) is 2.35. The van der Waals surface area contributed by atoms with Gasteiger partial charge in [0, 0.05) is 31.1 Å². The third kappa shape index (κ3) is 3.98. The van der Waals surface area contributed by atoms with Crippen LogP contribution in [0.3, 0.4) is 0 Å². The number of hydrogen-bond acceptors (Lipinski definition) is 3. The lowest BCUT2D eigenvalue weighted by atomic mass is 10.1. The molecule has 94 valence electrons. The predicted octanol–water partition coefficient (Wildman–Crippen LogP) is 1.59. The molecule has 3 nitrogen and oxygen atoms in total. The van der Waals surface area contributed by atoms with Crippen molar-refractivity contribution in [2.45, 2.75) is 33.2 Å². The summed E-state index contributed by atoms with van der Waals surface area (Å²) >= 11 is 1.87. The van der Waals surface area contributed by atoms with E-state index in [1.54, 1.807) is 0 Å². The Morgan fingerprint density at radius 3 is 2.81 bits per heavy atom. The summed E-state index contributed by atoms with van der Waals surface area (Å²) < 4.78 is 0. The Kier molecular flexibility index (Phi) is 6.21. The van der Waals surface area contributed by atoms with Crippen molar-refractivity contribution in [3.8, 4) is 0 Å². The Labute approximate surface area is 103 Å². The van der Waals surface area contributed by atoms with Gasteiger partial charge in [-0.1, -0.05) is 20.3 Å². The van der Waals surface area contributed by atoms with E-state index in [0.717, 1.165) is 37.6 Å². The van der Waals surface area contributed by atoms with Gasteiger partial charge in [-0.2, -0.15) is 11.8 Å². The molecule has 1 aliphatic rings. The number of likely N-dealkylation sites (N-methyl/N-ethyl adjacent to an activating group) is 1. The van der Waals surface area contributed by atoms with E-state index in [9.17, 15) is 4.79 Å². The van der Waals surface area contributed by atoms with Crippen molar-refractivity contribution in [3.63, 3.8) is 0 Å². The predicted molar refractivity (Wildman–Crippen MR) is 70.8 cm³/mol. The highest BCUT2D eigenvalue weighted by Crippen LogP contribution is 2.12. The first kappa shape index (κ1) is 13.8. The second-order valence-electron chi connectivity index (χ2n) is 4.47. The lowest BCUT2D eigenvalue weighted by Crippen LogP contribution is -2.51. The SMILES string of the molecule is CCC(C)CN(CC)C(=O)C1CSCCN1. The average molecular weight is 244 g/mol. The fourth-order valence-electron chi connectivity index (χ4n) is 1.82. The minimum atomic E-state index is 0.0442. The van der Waals surface area contributed by atoms with Gasteiger partial charge in [-0.3, -0.25) is 4.79 Å². The van der Waals surface area contributed by atoms with E-state index >= 15 is 0 Å². The Bertz CT molecular complexity index is 217. The summed E-state index contributed by atoms with van der Waals surface area (Å²) in [5, 5.41) is 3.31. The maximum atomic E-state index is 12.2. The summed E-state index contributed by atoms with van der Waals surface area (Å²) in [5.41, 5.74) is 0. The van der Waals surface area contributed by atoms with Crippen molar-refractivity contribution in [1.29, 1.82) is 0 Å². The van der Waals surface area contributed by atoms with Gasteiger partial charge in [0.15, 0.2) is 0 Å². The molecule has 1 fully saturated rings. The summed E-state index contributed by atoms with van der Waals surface area (Å²) in [7, 11) is 0. The second kappa shape index (κ2) is 7.17. The van der Waals surface area contributed by atoms with Crippen molar-refractivity contribution in [3.05, 3.63) is 0 Å². The third-order valence-electron chi connectivity index (χ3n) is 3.14. The molecule has 1 saturated heterocycles. The van der Waals surface area contributed by atoms with Gasteiger partial charge < -0.3 is 10.2 Å². The zero-order valence-electron chi connectivity index (χ0n) is 10.7. The van der Waals surface area contributed by atoms with Crippen LogP contribution in [0.25, 0.3) is 0 Å². The quantitative estimate of drug-likeness (QED) is 0.797. The zero-order chi connectivity index (χ0) is 12.0. The van der Waals surface area contributed by atoms with Gasteiger partial charge >= 0.3 is 0 Å². The highest BCUT2D eigenvalue weighted by Gasteiger charge is 2.25. The van der Waals surface area contributed by atoms with Crippen LogP contribution in [0.1, 0.15) is 27.2 Å². The molecule has 2 unspecified atom stereocenters. The van der Waals surface area contributed by atoms with Crippen molar-refractivity contribution >= 4 is 17.7 Å². The molecule has 4 heteroatoms. The van der Waals surface area contributed by atoms with Gasteiger partial charge in [0.05, 0.1) is 6.04 Å². The van der Waals surface area contributed by atoms with Crippen LogP contribution in [0.5, 0.6) is 0 Å². The summed E-state index contributed by atoms with van der Waals surface area (Å²) in [5.74, 6) is 2.94. The molecule has 1 heterocycles. The second-order valence-corrected chi connectivity index (χ2v) is 5.62. The number of thioether (sulfide) groups is 1. The highest BCUT2D eigenvalue weighted by molar-refractivity contribution is 7.99. The number of rotatable bonds is 5. The minimum absolute atomic E-state index is 0.0442. The van der Waals surface area contributed by atoms with Crippen LogP contribution >= 0.6 is 11.8 Å². The maximum Gasteiger partial charge on any atom is 0.240 e. The minimum Gasteiger partial charge on any atom is -0.341 e. The van der Waals surface area contributed by atoms with E-state index < -0.39 is 0 Å². The Morgan fingerprint density at radius 2 is 2.31 bits per heavy atom. The molecular formula is C12H24N2OS. The molecule has 16 heavy (non-hydrogen) atoms. The molecular weight excluding hydrogens is 220 g/mol. The van der Waals surface area contributed by atoms with Gasteiger partial charge in [-0.15, -0.1) is 0 Å². The molecule has 1 amide bonds. The highest BCUT2D eigenvalue weighted by atomic mass is 32.2. The lowest BCUT2D eigenvalue weighted by Gasteiger charge is -2.30. The summed E-state index contributed by atoms with van der Waals surface area (Å²) in [6.07, 6.45) is 1.14.